The minimum absolute atomic E-state index is 0.000670. The van der Waals surface area contributed by atoms with Gasteiger partial charge in [-0.05, 0) is 45.6 Å². The van der Waals surface area contributed by atoms with Crippen molar-refractivity contribution < 1.29 is 37.8 Å². The Morgan fingerprint density at radius 2 is 1.88 bits per heavy atom. The molecule has 32 heavy (non-hydrogen) atoms. The van der Waals surface area contributed by atoms with Crippen LogP contribution in [-0.2, 0) is 35.1 Å². The number of imide groups is 1. The zero-order chi connectivity index (χ0) is 23.2. The zero-order valence-electron chi connectivity index (χ0n) is 17.5. The van der Waals surface area contributed by atoms with Crippen LogP contribution in [-0.4, -0.2) is 42.6 Å². The van der Waals surface area contributed by atoms with Crippen molar-refractivity contribution in [3.63, 3.8) is 0 Å². The SMILES string of the molecule is CCOC(=O)C(C)OC(=O)C1Cc2c(c(Cl)cc(F)c2N2C(=O)C3=C(CCCC3)C2=O)O1. The van der Waals surface area contributed by atoms with Crippen LogP contribution in [0.25, 0.3) is 0 Å². The van der Waals surface area contributed by atoms with Crippen molar-refractivity contribution in [3.8, 4) is 5.75 Å². The Bertz CT molecular complexity index is 1040. The van der Waals surface area contributed by atoms with Gasteiger partial charge in [0.05, 0.1) is 17.3 Å². The third-order valence-electron chi connectivity index (χ3n) is 5.69. The fourth-order valence-corrected chi connectivity index (χ4v) is 4.46. The molecule has 2 atom stereocenters. The van der Waals surface area contributed by atoms with E-state index in [0.29, 0.717) is 24.0 Å². The van der Waals surface area contributed by atoms with Crippen LogP contribution in [0.3, 0.4) is 0 Å². The molecule has 1 aromatic carbocycles. The second kappa shape index (κ2) is 8.54. The van der Waals surface area contributed by atoms with Gasteiger partial charge in [0.15, 0.2) is 12.2 Å². The van der Waals surface area contributed by atoms with Crippen molar-refractivity contribution in [1.82, 2.24) is 0 Å². The molecule has 0 N–H and O–H groups in total. The summed E-state index contributed by atoms with van der Waals surface area (Å²) in [6.45, 7) is 3.10. The van der Waals surface area contributed by atoms with Gasteiger partial charge < -0.3 is 14.2 Å². The number of hydrogen-bond acceptors (Lipinski definition) is 7. The Hall–Kier alpha value is -2.94. The summed E-state index contributed by atoms with van der Waals surface area (Å²) in [6.07, 6.45) is -0.0891. The van der Waals surface area contributed by atoms with E-state index in [-0.39, 0.29) is 35.1 Å². The van der Waals surface area contributed by atoms with Crippen LogP contribution in [0.2, 0.25) is 5.02 Å². The molecule has 1 aromatic rings. The molecule has 0 radical (unpaired) electrons. The molecule has 2 unspecified atom stereocenters. The number of rotatable bonds is 5. The van der Waals surface area contributed by atoms with Gasteiger partial charge in [0.25, 0.3) is 11.8 Å². The fraction of sp³-hybridized carbons (Fsp3) is 0.455. The highest BCUT2D eigenvalue weighted by atomic mass is 35.5. The summed E-state index contributed by atoms with van der Waals surface area (Å²) in [4.78, 5) is 51.0. The molecule has 2 aliphatic heterocycles. The lowest BCUT2D eigenvalue weighted by Crippen LogP contribution is -2.35. The largest absolute Gasteiger partial charge is 0.476 e. The van der Waals surface area contributed by atoms with E-state index in [0.717, 1.165) is 23.8 Å². The summed E-state index contributed by atoms with van der Waals surface area (Å²) in [6, 6.07) is 0.947. The number of esters is 2. The van der Waals surface area contributed by atoms with Gasteiger partial charge in [-0.3, -0.25) is 9.59 Å². The summed E-state index contributed by atoms with van der Waals surface area (Å²) in [5.41, 5.74) is 0.676. The first-order valence-electron chi connectivity index (χ1n) is 10.4. The number of ether oxygens (including phenoxy) is 3. The molecule has 170 valence electrons. The highest BCUT2D eigenvalue weighted by Gasteiger charge is 2.45. The van der Waals surface area contributed by atoms with Crippen LogP contribution in [0.5, 0.6) is 5.75 Å². The van der Waals surface area contributed by atoms with Crippen LogP contribution in [0.4, 0.5) is 10.1 Å². The molecule has 0 spiro atoms. The Labute approximate surface area is 188 Å². The lowest BCUT2D eigenvalue weighted by molar-refractivity contribution is -0.170. The smallest absolute Gasteiger partial charge is 0.348 e. The van der Waals surface area contributed by atoms with Gasteiger partial charge in [-0.15, -0.1) is 0 Å². The number of benzene rings is 1. The summed E-state index contributed by atoms with van der Waals surface area (Å²) in [5, 5.41) is -0.105. The highest BCUT2D eigenvalue weighted by Crippen LogP contribution is 2.46. The third-order valence-corrected chi connectivity index (χ3v) is 5.98. The minimum Gasteiger partial charge on any atom is -0.476 e. The molecule has 0 aromatic heterocycles. The maximum Gasteiger partial charge on any atom is 0.348 e. The molecule has 0 bridgehead atoms. The third kappa shape index (κ3) is 3.64. The molecular formula is C22H21ClFNO7. The number of carbonyl (C=O) groups excluding carboxylic acids is 4. The molecule has 3 aliphatic rings. The molecular weight excluding hydrogens is 445 g/mol. The second-order valence-electron chi connectivity index (χ2n) is 7.75. The van der Waals surface area contributed by atoms with Crippen LogP contribution >= 0.6 is 11.6 Å². The number of hydrogen-bond donors (Lipinski definition) is 0. The number of halogens is 2. The zero-order valence-corrected chi connectivity index (χ0v) is 18.3. The van der Waals surface area contributed by atoms with Crippen LogP contribution in [0, 0.1) is 5.82 Å². The first kappa shape index (κ1) is 22.3. The van der Waals surface area contributed by atoms with E-state index in [1.807, 2.05) is 0 Å². The van der Waals surface area contributed by atoms with E-state index in [1.54, 1.807) is 6.92 Å². The molecule has 4 rings (SSSR count). The van der Waals surface area contributed by atoms with Crippen molar-refractivity contribution in [1.29, 1.82) is 0 Å². The van der Waals surface area contributed by atoms with Gasteiger partial charge in [-0.25, -0.2) is 18.9 Å². The fourth-order valence-electron chi connectivity index (χ4n) is 4.20. The average Bonchev–Trinajstić information content (AvgIpc) is 3.31. The van der Waals surface area contributed by atoms with Gasteiger partial charge in [0, 0.05) is 23.1 Å². The Morgan fingerprint density at radius 3 is 2.47 bits per heavy atom. The van der Waals surface area contributed by atoms with Crippen molar-refractivity contribution in [3.05, 3.63) is 33.6 Å². The van der Waals surface area contributed by atoms with Crippen molar-refractivity contribution in [2.24, 2.45) is 0 Å². The summed E-state index contributed by atoms with van der Waals surface area (Å²) >= 11 is 6.13. The molecule has 0 saturated heterocycles. The van der Waals surface area contributed by atoms with E-state index in [2.05, 4.69) is 0 Å². The Morgan fingerprint density at radius 1 is 1.25 bits per heavy atom. The van der Waals surface area contributed by atoms with Crippen molar-refractivity contribution in [2.45, 2.75) is 58.2 Å². The Kier molecular flexibility index (Phi) is 5.94. The first-order chi connectivity index (χ1) is 15.2. The van der Waals surface area contributed by atoms with Crippen LogP contribution in [0.15, 0.2) is 17.2 Å². The summed E-state index contributed by atoms with van der Waals surface area (Å²) < 4.78 is 30.5. The number of nitrogens with zero attached hydrogens (tertiary/aromatic N) is 1. The molecule has 1 aliphatic carbocycles. The van der Waals surface area contributed by atoms with E-state index in [9.17, 15) is 19.2 Å². The van der Waals surface area contributed by atoms with Crippen LogP contribution in [0.1, 0.15) is 45.1 Å². The van der Waals surface area contributed by atoms with Gasteiger partial charge >= 0.3 is 11.9 Å². The quantitative estimate of drug-likeness (QED) is 0.486. The predicted molar refractivity (Wildman–Crippen MR) is 110 cm³/mol. The molecule has 8 nitrogen and oxygen atoms in total. The van der Waals surface area contributed by atoms with E-state index in [4.69, 9.17) is 25.8 Å². The van der Waals surface area contributed by atoms with E-state index >= 15 is 4.39 Å². The number of fused-ring (bicyclic) bond motifs is 1. The predicted octanol–water partition coefficient (Wildman–Crippen LogP) is 3.02. The van der Waals surface area contributed by atoms with E-state index in [1.165, 1.54) is 6.92 Å². The molecule has 10 heteroatoms. The monoisotopic (exact) mass is 465 g/mol. The highest BCUT2D eigenvalue weighted by molar-refractivity contribution is 6.35. The minimum atomic E-state index is -1.23. The molecule has 0 fully saturated rings. The summed E-state index contributed by atoms with van der Waals surface area (Å²) in [7, 11) is 0. The van der Waals surface area contributed by atoms with Gasteiger partial charge in [-0.2, -0.15) is 0 Å². The van der Waals surface area contributed by atoms with Gasteiger partial charge in [0.2, 0.25) is 0 Å². The van der Waals surface area contributed by atoms with E-state index < -0.39 is 41.8 Å². The maximum atomic E-state index is 15.0. The number of anilines is 1. The lowest BCUT2D eigenvalue weighted by Gasteiger charge is -2.19. The number of carbonyl (C=O) groups is 4. The van der Waals surface area contributed by atoms with Crippen molar-refractivity contribution in [2.75, 3.05) is 11.5 Å². The maximum absolute atomic E-state index is 15.0. The topological polar surface area (TPSA) is 99.2 Å². The Balaban J connectivity index is 1.62. The second-order valence-corrected chi connectivity index (χ2v) is 8.16. The first-order valence-corrected chi connectivity index (χ1v) is 10.8. The molecule has 2 amide bonds. The molecule has 0 saturated carbocycles. The van der Waals surface area contributed by atoms with Gasteiger partial charge in [0.1, 0.15) is 11.6 Å². The van der Waals surface area contributed by atoms with Gasteiger partial charge in [-0.1, -0.05) is 11.6 Å². The lowest BCUT2D eigenvalue weighted by atomic mass is 9.93. The number of amides is 2. The average molecular weight is 466 g/mol. The normalized spacial score (nSPS) is 20.6. The standard InChI is InChI=1S/C22H21ClFNO7/c1-3-30-21(28)10(2)31-22(29)16-8-13-17(15(24)9-14(23)18(13)32-16)25-19(26)11-6-4-5-7-12(11)20(25)27/h9-10,16H,3-8H2,1-2H3. The van der Waals surface area contributed by atoms with Crippen LogP contribution < -0.4 is 9.64 Å². The molecule has 2 heterocycles. The van der Waals surface area contributed by atoms with Crippen molar-refractivity contribution >= 4 is 41.0 Å². The summed E-state index contributed by atoms with van der Waals surface area (Å²) in [5.74, 6) is -3.58.